The number of para-hydroxylation sites is 1. The molecule has 0 aromatic heterocycles. The first-order chi connectivity index (χ1) is 13.9. The molecular weight excluding hydrogens is 364 g/mol. The second kappa shape index (κ2) is 8.37. The molecule has 4 aliphatic rings. The molecule has 2 N–H and O–H groups in total. The Bertz CT molecular complexity index is 696. The molecule has 1 atom stereocenters. The van der Waals surface area contributed by atoms with Gasteiger partial charge in [-0.25, -0.2) is 0 Å². The molecule has 1 unspecified atom stereocenters. The highest BCUT2D eigenvalue weighted by Crippen LogP contribution is 2.60. The van der Waals surface area contributed by atoms with Crippen molar-refractivity contribution < 1.29 is 14.3 Å². The maximum Gasteiger partial charge on any atom is 0.242 e. The van der Waals surface area contributed by atoms with Gasteiger partial charge in [-0.3, -0.25) is 9.59 Å². The molecule has 158 valence electrons. The first kappa shape index (κ1) is 20.2. The summed E-state index contributed by atoms with van der Waals surface area (Å²) in [5.74, 6) is 2.98. The monoisotopic (exact) mass is 398 g/mol. The molecule has 4 fully saturated rings. The highest BCUT2D eigenvalue weighted by molar-refractivity contribution is 5.90. The molecule has 5 rings (SSSR count). The van der Waals surface area contributed by atoms with Crippen LogP contribution in [0.3, 0.4) is 0 Å². The van der Waals surface area contributed by atoms with Gasteiger partial charge in [0.15, 0.2) is 0 Å². The first-order valence-electron chi connectivity index (χ1n) is 11.2. The van der Waals surface area contributed by atoms with Gasteiger partial charge in [-0.2, -0.15) is 0 Å². The molecule has 0 spiro atoms. The lowest BCUT2D eigenvalue weighted by Gasteiger charge is -2.55. The third-order valence-electron chi connectivity index (χ3n) is 7.17. The maximum absolute atomic E-state index is 13.3. The van der Waals surface area contributed by atoms with Crippen LogP contribution < -0.4 is 15.4 Å². The molecule has 5 heteroatoms. The number of carbonyl (C=O) groups excluding carboxylic acids is 2. The lowest BCUT2D eigenvalue weighted by molar-refractivity contribution is -0.149. The van der Waals surface area contributed by atoms with Gasteiger partial charge in [-0.05, 0) is 74.3 Å². The van der Waals surface area contributed by atoms with Crippen molar-refractivity contribution >= 4 is 11.8 Å². The summed E-state index contributed by atoms with van der Waals surface area (Å²) in [5.41, 5.74) is -0.224. The first-order valence-corrected chi connectivity index (χ1v) is 11.2. The van der Waals surface area contributed by atoms with Crippen LogP contribution in [0.5, 0.6) is 5.75 Å². The predicted molar refractivity (Wildman–Crippen MR) is 112 cm³/mol. The van der Waals surface area contributed by atoms with Crippen LogP contribution in [0.25, 0.3) is 0 Å². The van der Waals surface area contributed by atoms with E-state index >= 15 is 0 Å². The molecule has 29 heavy (non-hydrogen) atoms. The van der Waals surface area contributed by atoms with Crippen LogP contribution in [-0.2, 0) is 9.59 Å². The van der Waals surface area contributed by atoms with Crippen molar-refractivity contribution in [1.82, 2.24) is 10.6 Å². The van der Waals surface area contributed by atoms with Crippen LogP contribution in [0.2, 0.25) is 0 Å². The minimum atomic E-state index is -0.493. The molecule has 0 aliphatic heterocycles. The number of carbonyl (C=O) groups is 2. The van der Waals surface area contributed by atoms with Crippen LogP contribution in [0.15, 0.2) is 30.3 Å². The minimum absolute atomic E-state index is 0.0444. The van der Waals surface area contributed by atoms with E-state index in [9.17, 15) is 9.59 Å². The van der Waals surface area contributed by atoms with Gasteiger partial charge in [0.25, 0.3) is 0 Å². The normalized spacial score (nSPS) is 30.8. The molecule has 4 saturated carbocycles. The van der Waals surface area contributed by atoms with E-state index in [4.69, 9.17) is 4.74 Å². The number of rotatable bonds is 8. The second-order valence-electron chi connectivity index (χ2n) is 9.85. The number of nitrogens with one attached hydrogen (secondary N) is 2. The van der Waals surface area contributed by atoms with Crippen molar-refractivity contribution in [2.45, 2.75) is 58.4 Å². The Balaban J connectivity index is 1.30. The lowest BCUT2D eigenvalue weighted by Crippen LogP contribution is -2.58. The van der Waals surface area contributed by atoms with Gasteiger partial charge in [-0.1, -0.05) is 32.0 Å². The quantitative estimate of drug-likeness (QED) is 0.658. The zero-order valence-electron chi connectivity index (χ0n) is 17.7. The van der Waals surface area contributed by atoms with Crippen molar-refractivity contribution in [2.24, 2.45) is 29.1 Å². The molecule has 2 amide bonds. The summed E-state index contributed by atoms with van der Waals surface area (Å²) in [5, 5.41) is 6.07. The van der Waals surface area contributed by atoms with Gasteiger partial charge in [0.2, 0.25) is 11.8 Å². The summed E-state index contributed by atoms with van der Waals surface area (Å²) in [4.78, 5) is 26.1. The topological polar surface area (TPSA) is 67.4 Å². The second-order valence-corrected chi connectivity index (χ2v) is 9.85. The standard InChI is InChI=1S/C24H34N2O3/c1-16(2)21(22(27)25-8-9-29-20-6-4-3-5-7-20)26-23(28)24-13-17-10-18(14-24)12-19(11-17)15-24/h3-7,16-19,21H,8-15H2,1-2H3,(H,25,27)(H,26,28). The summed E-state index contributed by atoms with van der Waals surface area (Å²) in [7, 11) is 0. The molecule has 5 nitrogen and oxygen atoms in total. The summed E-state index contributed by atoms with van der Waals surface area (Å²) < 4.78 is 5.64. The zero-order valence-corrected chi connectivity index (χ0v) is 17.7. The Morgan fingerprint density at radius 3 is 2.17 bits per heavy atom. The molecule has 1 aromatic rings. The number of hydrogen-bond donors (Lipinski definition) is 2. The van der Waals surface area contributed by atoms with Gasteiger partial charge in [-0.15, -0.1) is 0 Å². The van der Waals surface area contributed by atoms with Gasteiger partial charge in [0.1, 0.15) is 18.4 Å². The Hall–Kier alpha value is -2.04. The van der Waals surface area contributed by atoms with Crippen molar-refractivity contribution in [2.75, 3.05) is 13.2 Å². The van der Waals surface area contributed by atoms with E-state index in [1.807, 2.05) is 44.2 Å². The van der Waals surface area contributed by atoms with Crippen LogP contribution in [-0.4, -0.2) is 31.0 Å². The number of hydrogen-bond acceptors (Lipinski definition) is 3. The fourth-order valence-corrected chi connectivity index (χ4v) is 6.19. The van der Waals surface area contributed by atoms with Gasteiger partial charge < -0.3 is 15.4 Å². The van der Waals surface area contributed by atoms with Gasteiger partial charge in [0, 0.05) is 5.41 Å². The third kappa shape index (κ3) is 4.44. The van der Waals surface area contributed by atoms with E-state index in [1.165, 1.54) is 19.3 Å². The van der Waals surface area contributed by atoms with Crippen molar-refractivity contribution in [3.63, 3.8) is 0 Å². The Morgan fingerprint density at radius 1 is 1.03 bits per heavy atom. The van der Waals surface area contributed by atoms with Crippen LogP contribution in [0.4, 0.5) is 0 Å². The summed E-state index contributed by atoms with van der Waals surface area (Å²) in [6, 6.07) is 9.07. The summed E-state index contributed by atoms with van der Waals surface area (Å²) in [6.45, 7) is 4.81. The van der Waals surface area contributed by atoms with E-state index < -0.39 is 6.04 Å². The van der Waals surface area contributed by atoms with E-state index in [0.29, 0.717) is 30.9 Å². The fourth-order valence-electron chi connectivity index (χ4n) is 6.19. The van der Waals surface area contributed by atoms with E-state index in [1.54, 1.807) is 0 Å². The van der Waals surface area contributed by atoms with Crippen molar-refractivity contribution in [3.8, 4) is 5.75 Å². The predicted octanol–water partition coefficient (Wildman–Crippen LogP) is 3.54. The molecule has 0 radical (unpaired) electrons. The summed E-state index contributed by atoms with van der Waals surface area (Å²) in [6.07, 6.45) is 6.97. The summed E-state index contributed by atoms with van der Waals surface area (Å²) >= 11 is 0. The molecular formula is C24H34N2O3. The largest absolute Gasteiger partial charge is 0.492 e. The Kier molecular flexibility index (Phi) is 5.84. The third-order valence-corrected chi connectivity index (χ3v) is 7.17. The molecule has 0 saturated heterocycles. The molecule has 4 aliphatic carbocycles. The lowest BCUT2D eigenvalue weighted by atomic mass is 9.49. The number of ether oxygens (including phenoxy) is 1. The minimum Gasteiger partial charge on any atom is -0.492 e. The average molecular weight is 399 g/mol. The van der Waals surface area contributed by atoms with Crippen LogP contribution in [0, 0.1) is 29.1 Å². The van der Waals surface area contributed by atoms with Gasteiger partial charge in [0.05, 0.1) is 6.54 Å². The van der Waals surface area contributed by atoms with E-state index in [-0.39, 0.29) is 23.1 Å². The van der Waals surface area contributed by atoms with Gasteiger partial charge >= 0.3 is 0 Å². The molecule has 4 bridgehead atoms. The Labute approximate surface area is 174 Å². The average Bonchev–Trinajstić information content (AvgIpc) is 2.68. The zero-order chi connectivity index (χ0) is 20.4. The van der Waals surface area contributed by atoms with E-state index in [0.717, 1.165) is 25.0 Å². The maximum atomic E-state index is 13.3. The number of amides is 2. The van der Waals surface area contributed by atoms with Crippen LogP contribution >= 0.6 is 0 Å². The van der Waals surface area contributed by atoms with Crippen molar-refractivity contribution in [1.29, 1.82) is 0 Å². The molecule has 1 aromatic carbocycles. The highest BCUT2D eigenvalue weighted by Gasteiger charge is 2.55. The number of benzene rings is 1. The molecule has 0 heterocycles. The fraction of sp³-hybridized carbons (Fsp3) is 0.667. The smallest absolute Gasteiger partial charge is 0.242 e. The van der Waals surface area contributed by atoms with Crippen LogP contribution in [0.1, 0.15) is 52.4 Å². The van der Waals surface area contributed by atoms with Crippen molar-refractivity contribution in [3.05, 3.63) is 30.3 Å². The highest BCUT2D eigenvalue weighted by atomic mass is 16.5. The van der Waals surface area contributed by atoms with E-state index in [2.05, 4.69) is 10.6 Å². The Morgan fingerprint density at radius 2 is 1.62 bits per heavy atom. The SMILES string of the molecule is CC(C)C(NC(=O)C12CC3CC(CC(C3)C1)C2)C(=O)NCCOc1ccccc1.